The van der Waals surface area contributed by atoms with Crippen LogP contribution < -0.4 is 0 Å². The van der Waals surface area contributed by atoms with Gasteiger partial charge >= 0.3 is 0 Å². The molecule has 0 amide bonds. The van der Waals surface area contributed by atoms with E-state index in [9.17, 15) is 0 Å². The molecule has 98 valence electrons. The van der Waals surface area contributed by atoms with Gasteiger partial charge in [-0.1, -0.05) is 0 Å². The second kappa shape index (κ2) is 5.77. The monoisotopic (exact) mass is 249 g/mol. The molecule has 0 bridgehead atoms. The maximum atomic E-state index is 5.44. The summed E-state index contributed by atoms with van der Waals surface area (Å²) in [4.78, 5) is 6.23. The topological polar surface area (TPSA) is 60.0 Å². The molecule has 1 atom stereocenters. The van der Waals surface area contributed by atoms with E-state index in [2.05, 4.69) is 38.6 Å². The molecule has 6 nitrogen and oxygen atoms in total. The Morgan fingerprint density at radius 1 is 1.44 bits per heavy atom. The van der Waals surface area contributed by atoms with Crippen molar-refractivity contribution >= 4 is 0 Å². The van der Waals surface area contributed by atoms with Crippen molar-refractivity contribution < 1.29 is 4.42 Å². The summed E-state index contributed by atoms with van der Waals surface area (Å²) in [6, 6.07) is 0.147. The van der Waals surface area contributed by atoms with Gasteiger partial charge in [0, 0.05) is 32.4 Å². The average molecular weight is 249 g/mol. The molecular formula is C12H19N5O. The number of hydrogen-bond acceptors (Lipinski definition) is 5. The van der Waals surface area contributed by atoms with Gasteiger partial charge in [-0.25, -0.2) is 4.98 Å². The van der Waals surface area contributed by atoms with Crippen molar-refractivity contribution in [1.29, 1.82) is 0 Å². The van der Waals surface area contributed by atoms with E-state index < -0.39 is 0 Å². The Morgan fingerprint density at radius 2 is 2.28 bits per heavy atom. The summed E-state index contributed by atoms with van der Waals surface area (Å²) in [6.07, 6.45) is 6.67. The van der Waals surface area contributed by atoms with E-state index in [0.29, 0.717) is 11.8 Å². The van der Waals surface area contributed by atoms with Crippen molar-refractivity contribution in [3.63, 3.8) is 0 Å². The standard InChI is InChI=1S/C12H19N5O/c1-10(12-15-14-11(2)18-12)16(3)6-4-7-17-8-5-13-9-17/h5,8-10H,4,6-7H2,1-3H3/t10-/m0/s1. The van der Waals surface area contributed by atoms with Crippen LogP contribution >= 0.6 is 0 Å². The van der Waals surface area contributed by atoms with Crippen molar-refractivity contribution in [1.82, 2.24) is 24.6 Å². The molecule has 0 fully saturated rings. The first kappa shape index (κ1) is 12.8. The zero-order valence-electron chi connectivity index (χ0n) is 11.1. The third kappa shape index (κ3) is 3.16. The molecule has 0 aromatic carbocycles. The molecule has 0 aliphatic heterocycles. The van der Waals surface area contributed by atoms with Gasteiger partial charge < -0.3 is 8.98 Å². The molecule has 2 heterocycles. The molecule has 2 aromatic rings. The Morgan fingerprint density at radius 3 is 2.89 bits per heavy atom. The third-order valence-corrected chi connectivity index (χ3v) is 3.05. The third-order valence-electron chi connectivity index (χ3n) is 3.05. The fourth-order valence-electron chi connectivity index (χ4n) is 1.78. The van der Waals surface area contributed by atoms with E-state index in [1.165, 1.54) is 0 Å². The predicted octanol–water partition coefficient (Wildman–Crippen LogP) is 1.66. The summed E-state index contributed by atoms with van der Waals surface area (Å²) in [5, 5.41) is 7.91. The van der Waals surface area contributed by atoms with Crippen molar-refractivity contribution in [3.8, 4) is 0 Å². The summed E-state index contributed by atoms with van der Waals surface area (Å²) in [5.41, 5.74) is 0. The van der Waals surface area contributed by atoms with Crippen LogP contribution in [0.3, 0.4) is 0 Å². The van der Waals surface area contributed by atoms with Gasteiger partial charge in [-0.2, -0.15) is 0 Å². The summed E-state index contributed by atoms with van der Waals surface area (Å²) in [7, 11) is 2.07. The van der Waals surface area contributed by atoms with Crippen molar-refractivity contribution in [2.24, 2.45) is 0 Å². The van der Waals surface area contributed by atoms with Crippen LogP contribution in [0.15, 0.2) is 23.1 Å². The number of imidazole rings is 1. The molecular weight excluding hydrogens is 230 g/mol. The number of hydrogen-bond donors (Lipinski definition) is 0. The number of aromatic nitrogens is 4. The Balaban J connectivity index is 1.79. The number of aryl methyl sites for hydroxylation is 2. The van der Waals surface area contributed by atoms with Gasteiger partial charge in [-0.15, -0.1) is 10.2 Å². The molecule has 6 heteroatoms. The lowest BCUT2D eigenvalue weighted by Gasteiger charge is -2.21. The molecule has 18 heavy (non-hydrogen) atoms. The second-order valence-corrected chi connectivity index (χ2v) is 4.47. The van der Waals surface area contributed by atoms with E-state index in [1.807, 2.05) is 19.4 Å². The van der Waals surface area contributed by atoms with Gasteiger partial charge in [0.1, 0.15) is 0 Å². The van der Waals surface area contributed by atoms with E-state index >= 15 is 0 Å². The lowest BCUT2D eigenvalue weighted by atomic mass is 10.2. The summed E-state index contributed by atoms with van der Waals surface area (Å²) < 4.78 is 7.52. The molecule has 0 N–H and O–H groups in total. The Kier molecular flexibility index (Phi) is 4.09. The van der Waals surface area contributed by atoms with Crippen LogP contribution in [0.2, 0.25) is 0 Å². The highest BCUT2D eigenvalue weighted by Gasteiger charge is 2.16. The lowest BCUT2D eigenvalue weighted by Crippen LogP contribution is -2.24. The predicted molar refractivity (Wildman–Crippen MR) is 66.9 cm³/mol. The number of rotatable bonds is 6. The van der Waals surface area contributed by atoms with Crippen LogP contribution in [0.4, 0.5) is 0 Å². The fraction of sp³-hybridized carbons (Fsp3) is 0.583. The fourth-order valence-corrected chi connectivity index (χ4v) is 1.78. The zero-order valence-corrected chi connectivity index (χ0v) is 11.1. The minimum absolute atomic E-state index is 0.147. The summed E-state index contributed by atoms with van der Waals surface area (Å²) >= 11 is 0. The van der Waals surface area contributed by atoms with Gasteiger partial charge in [0.25, 0.3) is 0 Å². The molecule has 2 rings (SSSR count). The summed E-state index contributed by atoms with van der Waals surface area (Å²) in [5.74, 6) is 1.29. The molecule has 2 aromatic heterocycles. The minimum atomic E-state index is 0.147. The van der Waals surface area contributed by atoms with Gasteiger partial charge in [-0.3, -0.25) is 4.90 Å². The Hall–Kier alpha value is -1.69. The first-order chi connectivity index (χ1) is 8.66. The van der Waals surface area contributed by atoms with E-state index in [1.54, 1.807) is 6.20 Å². The van der Waals surface area contributed by atoms with Gasteiger partial charge in [0.05, 0.1) is 12.4 Å². The van der Waals surface area contributed by atoms with Crippen LogP contribution in [0.5, 0.6) is 0 Å². The highest BCUT2D eigenvalue weighted by atomic mass is 16.4. The van der Waals surface area contributed by atoms with Gasteiger partial charge in [0.15, 0.2) is 0 Å². The molecule has 0 aliphatic carbocycles. The molecule has 0 radical (unpaired) electrons. The lowest BCUT2D eigenvalue weighted by molar-refractivity contribution is 0.217. The normalized spacial score (nSPS) is 13.1. The van der Waals surface area contributed by atoms with Crippen molar-refractivity contribution in [3.05, 3.63) is 30.5 Å². The first-order valence-electron chi connectivity index (χ1n) is 6.13. The zero-order chi connectivity index (χ0) is 13.0. The van der Waals surface area contributed by atoms with Crippen LogP contribution in [-0.2, 0) is 6.54 Å². The largest absolute Gasteiger partial charge is 0.424 e. The van der Waals surface area contributed by atoms with Gasteiger partial charge in [-0.05, 0) is 20.4 Å². The smallest absolute Gasteiger partial charge is 0.233 e. The van der Waals surface area contributed by atoms with Crippen LogP contribution in [0, 0.1) is 6.92 Å². The van der Waals surface area contributed by atoms with Crippen molar-refractivity contribution in [2.75, 3.05) is 13.6 Å². The molecule has 0 unspecified atom stereocenters. The Bertz CT molecular complexity index is 465. The quantitative estimate of drug-likeness (QED) is 0.779. The van der Waals surface area contributed by atoms with E-state index in [4.69, 9.17) is 4.42 Å². The van der Waals surface area contributed by atoms with Gasteiger partial charge in [0.2, 0.25) is 11.8 Å². The minimum Gasteiger partial charge on any atom is -0.424 e. The van der Waals surface area contributed by atoms with Crippen LogP contribution in [0.25, 0.3) is 0 Å². The van der Waals surface area contributed by atoms with E-state index in [-0.39, 0.29) is 6.04 Å². The Labute approximate surface area is 107 Å². The molecule has 0 saturated heterocycles. The van der Waals surface area contributed by atoms with Crippen LogP contribution in [-0.4, -0.2) is 38.2 Å². The van der Waals surface area contributed by atoms with Crippen molar-refractivity contribution in [2.45, 2.75) is 32.9 Å². The summed E-state index contributed by atoms with van der Waals surface area (Å²) in [6.45, 7) is 5.83. The molecule has 0 aliphatic rings. The maximum Gasteiger partial charge on any atom is 0.233 e. The molecule has 0 saturated carbocycles. The van der Waals surface area contributed by atoms with E-state index in [0.717, 1.165) is 19.5 Å². The van der Waals surface area contributed by atoms with Crippen LogP contribution in [0.1, 0.15) is 31.2 Å². The molecule has 0 spiro atoms. The SMILES string of the molecule is Cc1nnc([C@H](C)N(C)CCCn2ccnc2)o1. The highest BCUT2D eigenvalue weighted by molar-refractivity contribution is 4.87. The first-order valence-corrected chi connectivity index (χ1v) is 6.13. The maximum absolute atomic E-state index is 5.44. The second-order valence-electron chi connectivity index (χ2n) is 4.47. The average Bonchev–Trinajstić information content (AvgIpc) is 2.99. The number of nitrogens with zero attached hydrogens (tertiary/aromatic N) is 5. The highest BCUT2D eigenvalue weighted by Crippen LogP contribution is 2.17.